The predicted molar refractivity (Wildman–Crippen MR) is 61.5 cm³/mol. The van der Waals surface area contributed by atoms with Crippen LogP contribution in [0, 0.1) is 11.6 Å². The Bertz CT molecular complexity index is 649. The lowest BCUT2D eigenvalue weighted by Gasteiger charge is -2.08. The number of aromatic nitrogens is 2. The van der Waals surface area contributed by atoms with Crippen molar-refractivity contribution in [2.24, 2.45) is 0 Å². The Balaban J connectivity index is 2.48. The molecule has 0 spiro atoms. The summed E-state index contributed by atoms with van der Waals surface area (Å²) in [4.78, 5) is -1.09. The molecule has 0 aliphatic rings. The molecule has 0 amide bonds. The maximum absolute atomic E-state index is 13.5. The van der Waals surface area contributed by atoms with E-state index in [-0.39, 0.29) is 10.7 Å². The van der Waals surface area contributed by atoms with Crippen molar-refractivity contribution < 1.29 is 17.2 Å². The van der Waals surface area contributed by atoms with Crippen LogP contribution in [0.2, 0.25) is 0 Å². The van der Waals surface area contributed by atoms with Gasteiger partial charge in [0.05, 0.1) is 6.20 Å². The molecular formula is C8H6F2N4O2S2. The fraction of sp³-hybridized carbons (Fsp3) is 0. The first-order valence-electron chi connectivity index (χ1n) is 4.45. The zero-order chi connectivity index (χ0) is 13.3. The Kier molecular flexibility index (Phi) is 3.13. The minimum atomic E-state index is -4.39. The molecule has 1 aromatic carbocycles. The van der Waals surface area contributed by atoms with Gasteiger partial charge in [-0.15, -0.1) is 5.10 Å². The van der Waals surface area contributed by atoms with E-state index in [4.69, 9.17) is 5.73 Å². The average molecular weight is 292 g/mol. The standard InChI is InChI=1S/C8H6F2N4O2S2/c9-5-1-4(11)2-6(10)8(5)18(15,16)13-7-3-12-14-17-7/h1-3,13H,11H2. The number of anilines is 2. The van der Waals surface area contributed by atoms with Crippen molar-refractivity contribution in [3.05, 3.63) is 30.0 Å². The fourth-order valence-corrected chi connectivity index (χ4v) is 3.04. The lowest BCUT2D eigenvalue weighted by atomic mass is 10.3. The van der Waals surface area contributed by atoms with E-state index in [9.17, 15) is 17.2 Å². The quantitative estimate of drug-likeness (QED) is 0.828. The number of hydrogen-bond acceptors (Lipinski definition) is 6. The molecule has 2 rings (SSSR count). The highest BCUT2D eigenvalue weighted by Crippen LogP contribution is 2.24. The second-order valence-corrected chi connectivity index (χ2v) is 5.61. The second kappa shape index (κ2) is 4.46. The number of nitrogens with one attached hydrogen (secondary N) is 1. The van der Waals surface area contributed by atoms with Crippen molar-refractivity contribution in [2.45, 2.75) is 4.90 Å². The third-order valence-electron chi connectivity index (χ3n) is 1.89. The molecule has 0 saturated heterocycles. The molecule has 0 bridgehead atoms. The van der Waals surface area contributed by atoms with Gasteiger partial charge >= 0.3 is 0 Å². The van der Waals surface area contributed by atoms with Crippen molar-refractivity contribution in [1.82, 2.24) is 9.59 Å². The zero-order valence-electron chi connectivity index (χ0n) is 8.59. The smallest absolute Gasteiger partial charge is 0.268 e. The Morgan fingerprint density at radius 2 is 1.89 bits per heavy atom. The van der Waals surface area contributed by atoms with Crippen LogP contribution in [0.15, 0.2) is 23.2 Å². The molecule has 0 aliphatic carbocycles. The van der Waals surface area contributed by atoms with Gasteiger partial charge in [-0.2, -0.15) is 0 Å². The van der Waals surface area contributed by atoms with Crippen LogP contribution in [0.5, 0.6) is 0 Å². The molecule has 0 unspecified atom stereocenters. The minimum absolute atomic E-state index is 0.0469. The van der Waals surface area contributed by atoms with Crippen LogP contribution in [0.25, 0.3) is 0 Å². The highest BCUT2D eigenvalue weighted by Gasteiger charge is 2.25. The molecule has 2 aromatic rings. The third kappa shape index (κ3) is 2.38. The highest BCUT2D eigenvalue weighted by atomic mass is 32.2. The summed E-state index contributed by atoms with van der Waals surface area (Å²) in [6.07, 6.45) is 1.12. The van der Waals surface area contributed by atoms with Crippen LogP contribution < -0.4 is 10.5 Å². The molecule has 18 heavy (non-hydrogen) atoms. The molecule has 0 saturated carbocycles. The lowest BCUT2D eigenvalue weighted by Crippen LogP contribution is -2.16. The van der Waals surface area contributed by atoms with E-state index in [1.165, 1.54) is 0 Å². The van der Waals surface area contributed by atoms with Gasteiger partial charge in [0.25, 0.3) is 10.0 Å². The van der Waals surface area contributed by atoms with Gasteiger partial charge in [0.15, 0.2) is 4.90 Å². The molecule has 0 fully saturated rings. The third-order valence-corrected chi connectivity index (χ3v) is 4.01. The van der Waals surface area contributed by atoms with Gasteiger partial charge in [-0.1, -0.05) is 4.49 Å². The Morgan fingerprint density at radius 3 is 2.39 bits per heavy atom. The number of rotatable bonds is 3. The molecular weight excluding hydrogens is 286 g/mol. The lowest BCUT2D eigenvalue weighted by molar-refractivity contribution is 0.522. The average Bonchev–Trinajstić information content (AvgIpc) is 2.66. The van der Waals surface area contributed by atoms with Crippen molar-refractivity contribution in [3.8, 4) is 0 Å². The van der Waals surface area contributed by atoms with Crippen LogP contribution in [0.4, 0.5) is 19.5 Å². The molecule has 96 valence electrons. The molecule has 0 aliphatic heterocycles. The monoisotopic (exact) mass is 292 g/mol. The van der Waals surface area contributed by atoms with E-state index < -0.39 is 26.6 Å². The first-order chi connectivity index (χ1) is 8.40. The minimum Gasteiger partial charge on any atom is -0.399 e. The van der Waals surface area contributed by atoms with Crippen LogP contribution in [0.1, 0.15) is 0 Å². The van der Waals surface area contributed by atoms with E-state index in [0.29, 0.717) is 0 Å². The largest absolute Gasteiger partial charge is 0.399 e. The maximum Gasteiger partial charge on any atom is 0.268 e. The maximum atomic E-state index is 13.5. The molecule has 1 heterocycles. The number of nitrogen functional groups attached to an aromatic ring is 1. The Morgan fingerprint density at radius 1 is 1.28 bits per heavy atom. The molecule has 0 radical (unpaired) electrons. The van der Waals surface area contributed by atoms with E-state index in [2.05, 4.69) is 9.59 Å². The van der Waals surface area contributed by atoms with Crippen molar-refractivity contribution in [2.75, 3.05) is 10.5 Å². The Hall–Kier alpha value is -1.81. The zero-order valence-corrected chi connectivity index (χ0v) is 10.2. The highest BCUT2D eigenvalue weighted by molar-refractivity contribution is 7.93. The number of nitrogens with zero attached hydrogens (tertiary/aromatic N) is 2. The summed E-state index contributed by atoms with van der Waals surface area (Å²) < 4.78 is 55.9. The van der Waals surface area contributed by atoms with Gasteiger partial charge < -0.3 is 5.73 Å². The molecule has 10 heteroatoms. The summed E-state index contributed by atoms with van der Waals surface area (Å²) in [5.74, 6) is -2.53. The van der Waals surface area contributed by atoms with Crippen LogP contribution in [-0.2, 0) is 10.0 Å². The number of sulfonamides is 1. The van der Waals surface area contributed by atoms with Gasteiger partial charge in [0.2, 0.25) is 0 Å². The normalized spacial score (nSPS) is 11.4. The number of nitrogens with two attached hydrogens (primary N) is 1. The van der Waals surface area contributed by atoms with Crippen LogP contribution in [0.3, 0.4) is 0 Å². The summed E-state index contributed by atoms with van der Waals surface area (Å²) in [7, 11) is -4.39. The predicted octanol–water partition coefficient (Wildman–Crippen LogP) is 1.20. The summed E-state index contributed by atoms with van der Waals surface area (Å²) in [6.45, 7) is 0. The summed E-state index contributed by atoms with van der Waals surface area (Å²) in [5, 5.41) is 3.44. The summed E-state index contributed by atoms with van der Waals surface area (Å²) in [6, 6.07) is 1.45. The fourth-order valence-electron chi connectivity index (χ4n) is 1.23. The van der Waals surface area contributed by atoms with Gasteiger partial charge in [-0.05, 0) is 12.1 Å². The van der Waals surface area contributed by atoms with E-state index in [1.54, 1.807) is 0 Å². The molecule has 0 atom stereocenters. The number of benzene rings is 1. The second-order valence-electron chi connectivity index (χ2n) is 3.20. The molecule has 1 aromatic heterocycles. The van der Waals surface area contributed by atoms with Gasteiger partial charge in [0, 0.05) is 17.2 Å². The van der Waals surface area contributed by atoms with E-state index in [1.807, 2.05) is 4.72 Å². The van der Waals surface area contributed by atoms with Crippen molar-refractivity contribution >= 4 is 32.2 Å². The van der Waals surface area contributed by atoms with E-state index in [0.717, 1.165) is 29.9 Å². The Labute approximate surface area is 105 Å². The number of halogens is 2. The van der Waals surface area contributed by atoms with Crippen LogP contribution >= 0.6 is 11.5 Å². The topological polar surface area (TPSA) is 98.0 Å². The van der Waals surface area contributed by atoms with Gasteiger partial charge in [-0.25, -0.2) is 17.2 Å². The van der Waals surface area contributed by atoms with Crippen molar-refractivity contribution in [3.63, 3.8) is 0 Å². The SMILES string of the molecule is Nc1cc(F)c(S(=O)(=O)Nc2cnns2)c(F)c1. The van der Waals surface area contributed by atoms with Gasteiger partial charge in [0.1, 0.15) is 16.6 Å². The molecule has 6 nitrogen and oxygen atoms in total. The van der Waals surface area contributed by atoms with Gasteiger partial charge in [-0.3, -0.25) is 4.72 Å². The first-order valence-corrected chi connectivity index (χ1v) is 6.70. The number of hydrogen-bond donors (Lipinski definition) is 2. The molecule has 3 N–H and O–H groups in total. The van der Waals surface area contributed by atoms with Crippen LogP contribution in [-0.4, -0.2) is 18.0 Å². The summed E-state index contributed by atoms with van der Waals surface area (Å²) >= 11 is 0.738. The van der Waals surface area contributed by atoms with E-state index >= 15 is 0 Å². The summed E-state index contributed by atoms with van der Waals surface area (Å²) in [5.41, 5.74) is 4.99. The first kappa shape index (κ1) is 12.6. The van der Waals surface area contributed by atoms with Crippen molar-refractivity contribution in [1.29, 1.82) is 0 Å².